The van der Waals surface area contributed by atoms with Crippen LogP contribution in [0.15, 0.2) is 48.5 Å². The molecule has 0 bridgehead atoms. The first-order valence-corrected chi connectivity index (χ1v) is 9.76. The number of carbonyl (C=O) groups is 2. The van der Waals surface area contributed by atoms with Crippen molar-refractivity contribution < 1.29 is 14.7 Å². The number of likely N-dealkylation sites (tertiary alicyclic amines) is 1. The Bertz CT molecular complexity index is 797. The van der Waals surface area contributed by atoms with Crippen molar-refractivity contribution in [3.05, 3.63) is 59.7 Å². The van der Waals surface area contributed by atoms with Crippen LogP contribution in [-0.4, -0.2) is 41.1 Å². The molecule has 1 heterocycles. The van der Waals surface area contributed by atoms with E-state index in [9.17, 15) is 14.7 Å². The Morgan fingerprint density at radius 3 is 2.32 bits per heavy atom. The molecule has 0 aliphatic carbocycles. The van der Waals surface area contributed by atoms with Crippen LogP contribution in [0, 0.1) is 0 Å². The van der Waals surface area contributed by atoms with Crippen LogP contribution >= 0.6 is 0 Å². The third kappa shape index (κ3) is 5.49. The first-order valence-electron chi connectivity index (χ1n) is 9.76. The van der Waals surface area contributed by atoms with Crippen molar-refractivity contribution in [3.63, 3.8) is 0 Å². The lowest BCUT2D eigenvalue weighted by Gasteiger charge is -2.16. The van der Waals surface area contributed by atoms with E-state index in [0.717, 1.165) is 44.3 Å². The van der Waals surface area contributed by atoms with E-state index in [1.165, 1.54) is 0 Å². The average molecular weight is 381 g/mol. The van der Waals surface area contributed by atoms with Crippen molar-refractivity contribution in [2.75, 3.05) is 18.4 Å². The number of rotatable bonds is 6. The molecule has 6 heteroatoms. The zero-order valence-corrected chi connectivity index (χ0v) is 16.1. The number of hydrogen-bond acceptors (Lipinski definition) is 3. The number of hydrogen-bond donors (Lipinski definition) is 3. The van der Waals surface area contributed by atoms with Crippen LogP contribution in [-0.2, 0) is 6.42 Å². The van der Waals surface area contributed by atoms with Gasteiger partial charge >= 0.3 is 6.03 Å². The number of amides is 3. The SMILES string of the molecule is C[C@@H](CCc1ccc(O)cc1)NC(=O)Nc1ccc(C(=O)N2CCCC2)cc1. The lowest BCUT2D eigenvalue weighted by atomic mass is 10.1. The van der Waals surface area contributed by atoms with Crippen LogP contribution in [0.1, 0.15) is 42.1 Å². The Morgan fingerprint density at radius 1 is 1.04 bits per heavy atom. The summed E-state index contributed by atoms with van der Waals surface area (Å²) in [6, 6.07) is 13.8. The molecule has 28 heavy (non-hydrogen) atoms. The molecule has 1 atom stereocenters. The highest BCUT2D eigenvalue weighted by molar-refractivity contribution is 5.95. The molecule has 1 fully saturated rings. The minimum absolute atomic E-state index is 0.00446. The number of urea groups is 1. The second-order valence-electron chi connectivity index (χ2n) is 7.28. The maximum atomic E-state index is 12.3. The standard InChI is InChI=1S/C22H27N3O3/c1-16(4-5-17-6-12-20(26)13-7-17)23-22(28)24-19-10-8-18(9-11-19)21(27)25-14-2-3-15-25/h6-13,16,26H,2-5,14-15H2,1H3,(H2,23,24,28)/t16-/m0/s1. The van der Waals surface area contributed by atoms with Gasteiger partial charge in [0, 0.05) is 30.4 Å². The maximum Gasteiger partial charge on any atom is 0.319 e. The summed E-state index contributed by atoms with van der Waals surface area (Å²) in [5.74, 6) is 0.304. The van der Waals surface area contributed by atoms with Crippen molar-refractivity contribution in [2.45, 2.75) is 38.6 Å². The monoisotopic (exact) mass is 381 g/mol. The van der Waals surface area contributed by atoms with Crippen molar-refractivity contribution in [3.8, 4) is 5.75 Å². The lowest BCUT2D eigenvalue weighted by Crippen LogP contribution is -2.36. The number of aromatic hydroxyl groups is 1. The average Bonchev–Trinajstić information content (AvgIpc) is 3.22. The highest BCUT2D eigenvalue weighted by atomic mass is 16.3. The van der Waals surface area contributed by atoms with Crippen molar-refractivity contribution in [1.82, 2.24) is 10.2 Å². The fraction of sp³-hybridized carbons (Fsp3) is 0.364. The van der Waals surface area contributed by atoms with E-state index in [2.05, 4.69) is 10.6 Å². The number of carbonyl (C=O) groups excluding carboxylic acids is 2. The van der Waals surface area contributed by atoms with Gasteiger partial charge in [-0.15, -0.1) is 0 Å². The fourth-order valence-corrected chi connectivity index (χ4v) is 3.31. The van der Waals surface area contributed by atoms with Crippen LogP contribution < -0.4 is 10.6 Å². The van der Waals surface area contributed by atoms with Gasteiger partial charge in [0.2, 0.25) is 0 Å². The number of benzene rings is 2. The zero-order valence-electron chi connectivity index (χ0n) is 16.1. The molecular weight excluding hydrogens is 354 g/mol. The fourth-order valence-electron chi connectivity index (χ4n) is 3.31. The van der Waals surface area contributed by atoms with E-state index < -0.39 is 0 Å². The Hall–Kier alpha value is -3.02. The number of anilines is 1. The van der Waals surface area contributed by atoms with Crippen LogP contribution in [0.5, 0.6) is 5.75 Å². The molecule has 0 unspecified atom stereocenters. The molecule has 3 rings (SSSR count). The Kier molecular flexibility index (Phi) is 6.53. The molecule has 6 nitrogen and oxygen atoms in total. The normalized spacial score (nSPS) is 14.5. The molecule has 1 aliphatic rings. The van der Waals surface area contributed by atoms with Gasteiger partial charge in [0.15, 0.2) is 0 Å². The Labute approximate surface area is 165 Å². The van der Waals surface area contributed by atoms with Crippen molar-refractivity contribution in [1.29, 1.82) is 0 Å². The Balaban J connectivity index is 1.44. The number of nitrogens with zero attached hydrogens (tertiary/aromatic N) is 1. The maximum absolute atomic E-state index is 12.3. The van der Waals surface area contributed by atoms with Crippen LogP contribution in [0.2, 0.25) is 0 Å². The number of phenolic OH excluding ortho intramolecular Hbond substituents is 1. The molecule has 1 saturated heterocycles. The molecule has 0 spiro atoms. The van der Waals surface area contributed by atoms with Gasteiger partial charge in [-0.2, -0.15) is 0 Å². The molecule has 148 valence electrons. The van der Waals surface area contributed by atoms with Gasteiger partial charge in [0.05, 0.1) is 0 Å². The second kappa shape index (κ2) is 9.26. The minimum atomic E-state index is -0.267. The molecule has 3 amide bonds. The van der Waals surface area contributed by atoms with E-state index in [-0.39, 0.29) is 23.7 Å². The smallest absolute Gasteiger partial charge is 0.319 e. The summed E-state index contributed by atoms with van der Waals surface area (Å²) in [5, 5.41) is 15.0. The zero-order chi connectivity index (χ0) is 19.9. The number of phenols is 1. The molecule has 0 aromatic heterocycles. The van der Waals surface area contributed by atoms with Gasteiger partial charge in [-0.3, -0.25) is 4.79 Å². The minimum Gasteiger partial charge on any atom is -0.508 e. The Morgan fingerprint density at radius 2 is 1.68 bits per heavy atom. The summed E-state index contributed by atoms with van der Waals surface area (Å²) in [4.78, 5) is 26.4. The van der Waals surface area contributed by atoms with Gasteiger partial charge in [-0.1, -0.05) is 12.1 Å². The van der Waals surface area contributed by atoms with E-state index in [1.54, 1.807) is 36.4 Å². The second-order valence-corrected chi connectivity index (χ2v) is 7.28. The van der Waals surface area contributed by atoms with Gasteiger partial charge in [-0.05, 0) is 74.6 Å². The van der Waals surface area contributed by atoms with Crippen molar-refractivity contribution in [2.24, 2.45) is 0 Å². The van der Waals surface area contributed by atoms with Gasteiger partial charge < -0.3 is 20.6 Å². The lowest BCUT2D eigenvalue weighted by molar-refractivity contribution is 0.0793. The topological polar surface area (TPSA) is 81.7 Å². The van der Waals surface area contributed by atoms with Crippen LogP contribution in [0.25, 0.3) is 0 Å². The van der Waals surface area contributed by atoms with E-state index in [4.69, 9.17) is 0 Å². The van der Waals surface area contributed by atoms with Gasteiger partial charge in [-0.25, -0.2) is 4.79 Å². The van der Waals surface area contributed by atoms with Crippen LogP contribution in [0.4, 0.5) is 10.5 Å². The van der Waals surface area contributed by atoms with E-state index in [1.807, 2.05) is 24.0 Å². The summed E-state index contributed by atoms with van der Waals surface area (Å²) >= 11 is 0. The predicted octanol–water partition coefficient (Wildman–Crippen LogP) is 3.77. The summed E-state index contributed by atoms with van der Waals surface area (Å²) in [5.41, 5.74) is 2.42. The summed E-state index contributed by atoms with van der Waals surface area (Å²) < 4.78 is 0. The van der Waals surface area contributed by atoms with Gasteiger partial charge in [0.25, 0.3) is 5.91 Å². The quantitative estimate of drug-likeness (QED) is 0.712. The molecular formula is C22H27N3O3. The summed E-state index contributed by atoms with van der Waals surface area (Å²) in [6.07, 6.45) is 3.74. The highest BCUT2D eigenvalue weighted by Gasteiger charge is 2.19. The molecule has 2 aromatic carbocycles. The van der Waals surface area contributed by atoms with Gasteiger partial charge in [0.1, 0.15) is 5.75 Å². The van der Waals surface area contributed by atoms with E-state index in [0.29, 0.717) is 11.3 Å². The molecule has 0 radical (unpaired) electrons. The number of nitrogens with one attached hydrogen (secondary N) is 2. The highest BCUT2D eigenvalue weighted by Crippen LogP contribution is 2.16. The van der Waals surface area contributed by atoms with Crippen LogP contribution in [0.3, 0.4) is 0 Å². The molecule has 1 aliphatic heterocycles. The third-order valence-corrected chi connectivity index (χ3v) is 4.96. The third-order valence-electron chi connectivity index (χ3n) is 4.96. The molecule has 0 saturated carbocycles. The first-order chi connectivity index (χ1) is 13.5. The summed E-state index contributed by atoms with van der Waals surface area (Å²) in [7, 11) is 0. The predicted molar refractivity (Wildman–Crippen MR) is 110 cm³/mol. The summed E-state index contributed by atoms with van der Waals surface area (Å²) in [6.45, 7) is 3.60. The number of aryl methyl sites for hydroxylation is 1. The molecule has 3 N–H and O–H groups in total. The van der Waals surface area contributed by atoms with Crippen molar-refractivity contribution >= 4 is 17.6 Å². The first kappa shape index (κ1) is 19.7. The van der Waals surface area contributed by atoms with E-state index >= 15 is 0 Å². The molecule has 2 aromatic rings. The largest absolute Gasteiger partial charge is 0.508 e.